The summed E-state index contributed by atoms with van der Waals surface area (Å²) >= 11 is 0. The molecular weight excluding hydrogens is 288 g/mol. The van der Waals surface area contributed by atoms with Crippen LogP contribution in [0.4, 0.5) is 5.82 Å². The van der Waals surface area contributed by atoms with Gasteiger partial charge >= 0.3 is 11.8 Å². The number of methoxy groups -OCH3 is 1. The monoisotopic (exact) mass is 310 g/mol. The second-order valence-electron chi connectivity index (χ2n) is 5.33. The molecule has 0 aliphatic carbocycles. The van der Waals surface area contributed by atoms with Crippen LogP contribution in [0.2, 0.25) is 0 Å². The molecule has 22 heavy (non-hydrogen) atoms. The second-order valence-corrected chi connectivity index (χ2v) is 5.33. The van der Waals surface area contributed by atoms with E-state index in [0.29, 0.717) is 12.5 Å². The highest BCUT2D eigenvalue weighted by atomic mass is 16.5. The van der Waals surface area contributed by atoms with Gasteiger partial charge in [-0.3, -0.25) is 14.9 Å². The molecule has 0 spiro atoms. The lowest BCUT2D eigenvalue weighted by molar-refractivity contribution is -0.136. The summed E-state index contributed by atoms with van der Waals surface area (Å²) in [5, 5.41) is 8.55. The van der Waals surface area contributed by atoms with Gasteiger partial charge in [0.2, 0.25) is 0 Å². The Labute approximate surface area is 129 Å². The van der Waals surface area contributed by atoms with Gasteiger partial charge in [-0.1, -0.05) is 5.16 Å². The predicted octanol–water partition coefficient (Wildman–Crippen LogP) is 0.0877. The van der Waals surface area contributed by atoms with Crippen molar-refractivity contribution < 1.29 is 18.8 Å². The fourth-order valence-electron chi connectivity index (χ4n) is 2.40. The number of hydrogen-bond acceptors (Lipinski definition) is 6. The fraction of sp³-hybridized carbons (Fsp3) is 0.643. The Morgan fingerprint density at radius 3 is 2.82 bits per heavy atom. The molecule has 2 rings (SSSR count). The maximum absolute atomic E-state index is 11.7. The Morgan fingerprint density at radius 1 is 1.41 bits per heavy atom. The zero-order valence-corrected chi connectivity index (χ0v) is 12.7. The summed E-state index contributed by atoms with van der Waals surface area (Å²) in [7, 11) is 1.70. The third-order valence-corrected chi connectivity index (χ3v) is 3.76. The minimum Gasteiger partial charge on any atom is -0.383 e. The van der Waals surface area contributed by atoms with Crippen LogP contribution < -0.4 is 10.6 Å². The first-order valence-electron chi connectivity index (χ1n) is 7.40. The van der Waals surface area contributed by atoms with E-state index in [1.165, 1.54) is 12.3 Å². The lowest BCUT2D eigenvalue weighted by Crippen LogP contribution is -2.42. The van der Waals surface area contributed by atoms with Crippen LogP contribution in [0.3, 0.4) is 0 Å². The third kappa shape index (κ3) is 5.12. The zero-order valence-electron chi connectivity index (χ0n) is 12.7. The molecule has 1 aromatic heterocycles. The van der Waals surface area contributed by atoms with Crippen molar-refractivity contribution in [3.8, 4) is 0 Å². The first kappa shape index (κ1) is 16.4. The summed E-state index contributed by atoms with van der Waals surface area (Å²) in [6.07, 6.45) is 3.34. The predicted molar refractivity (Wildman–Crippen MR) is 79.2 cm³/mol. The Hall–Kier alpha value is -1.93. The lowest BCUT2D eigenvalue weighted by atomic mass is 9.97. The first-order chi connectivity index (χ1) is 10.7. The van der Waals surface area contributed by atoms with Gasteiger partial charge in [0.1, 0.15) is 6.26 Å². The molecule has 8 heteroatoms. The van der Waals surface area contributed by atoms with Gasteiger partial charge in [0.15, 0.2) is 5.82 Å². The number of piperidine rings is 1. The van der Waals surface area contributed by atoms with E-state index in [4.69, 9.17) is 4.74 Å². The molecule has 0 atom stereocenters. The number of anilines is 1. The van der Waals surface area contributed by atoms with Crippen LogP contribution in [0.25, 0.3) is 0 Å². The van der Waals surface area contributed by atoms with E-state index >= 15 is 0 Å². The SMILES string of the molecule is COCCN1CCC(CNC(=O)C(=O)Nc2ccon2)CC1. The van der Waals surface area contributed by atoms with Crippen LogP contribution in [-0.2, 0) is 14.3 Å². The molecule has 0 radical (unpaired) electrons. The van der Waals surface area contributed by atoms with E-state index in [-0.39, 0.29) is 5.82 Å². The number of rotatable bonds is 6. The minimum atomic E-state index is -0.730. The molecule has 0 aromatic carbocycles. The molecule has 2 amide bonds. The van der Waals surface area contributed by atoms with Crippen LogP contribution in [-0.4, -0.2) is 61.8 Å². The average Bonchev–Trinajstić information content (AvgIpc) is 3.04. The normalized spacial score (nSPS) is 16.4. The highest BCUT2D eigenvalue weighted by Gasteiger charge is 2.21. The number of hydrogen-bond donors (Lipinski definition) is 2. The number of amides is 2. The molecule has 0 unspecified atom stereocenters. The number of nitrogens with one attached hydrogen (secondary N) is 2. The number of nitrogens with zero attached hydrogens (tertiary/aromatic N) is 2. The average molecular weight is 310 g/mol. The summed E-state index contributed by atoms with van der Waals surface area (Å²) in [6.45, 7) is 4.19. The van der Waals surface area contributed by atoms with Gasteiger partial charge in [-0.05, 0) is 31.8 Å². The van der Waals surface area contributed by atoms with Crippen molar-refractivity contribution in [2.45, 2.75) is 12.8 Å². The van der Waals surface area contributed by atoms with E-state index in [0.717, 1.165) is 39.1 Å². The Kier molecular flexibility index (Phi) is 6.35. The largest absolute Gasteiger partial charge is 0.383 e. The number of aromatic nitrogens is 1. The number of carbonyl (C=O) groups is 2. The molecule has 1 fully saturated rings. The van der Waals surface area contributed by atoms with Crippen LogP contribution in [0, 0.1) is 5.92 Å². The maximum atomic E-state index is 11.7. The smallest absolute Gasteiger partial charge is 0.314 e. The van der Waals surface area contributed by atoms with Gasteiger partial charge in [0.05, 0.1) is 6.61 Å². The highest BCUT2D eigenvalue weighted by molar-refractivity contribution is 6.39. The van der Waals surface area contributed by atoms with E-state index < -0.39 is 11.8 Å². The van der Waals surface area contributed by atoms with E-state index in [9.17, 15) is 9.59 Å². The van der Waals surface area contributed by atoms with Crippen LogP contribution in [0.5, 0.6) is 0 Å². The summed E-state index contributed by atoms with van der Waals surface area (Å²) in [5.41, 5.74) is 0. The van der Waals surface area contributed by atoms with Crippen molar-refractivity contribution in [1.82, 2.24) is 15.4 Å². The van der Waals surface area contributed by atoms with Gasteiger partial charge in [0.25, 0.3) is 0 Å². The molecule has 122 valence electrons. The van der Waals surface area contributed by atoms with Crippen molar-refractivity contribution >= 4 is 17.6 Å². The Bertz CT molecular complexity index is 469. The van der Waals surface area contributed by atoms with E-state index in [2.05, 4.69) is 25.2 Å². The number of carbonyl (C=O) groups excluding carboxylic acids is 2. The van der Waals surface area contributed by atoms with Crippen molar-refractivity contribution in [2.24, 2.45) is 5.92 Å². The fourth-order valence-corrected chi connectivity index (χ4v) is 2.40. The van der Waals surface area contributed by atoms with E-state index in [1.54, 1.807) is 7.11 Å². The second kappa shape index (κ2) is 8.50. The maximum Gasteiger partial charge on any atom is 0.314 e. The summed E-state index contributed by atoms with van der Waals surface area (Å²) in [6, 6.07) is 1.47. The van der Waals surface area contributed by atoms with Crippen LogP contribution in [0.15, 0.2) is 16.9 Å². The van der Waals surface area contributed by atoms with Gasteiger partial charge < -0.3 is 19.5 Å². The molecule has 1 aliphatic rings. The minimum absolute atomic E-state index is 0.228. The molecule has 0 saturated carbocycles. The van der Waals surface area contributed by atoms with Crippen LogP contribution in [0.1, 0.15) is 12.8 Å². The topological polar surface area (TPSA) is 96.7 Å². The summed E-state index contributed by atoms with van der Waals surface area (Å²) in [4.78, 5) is 25.7. The Balaban J connectivity index is 1.63. The van der Waals surface area contributed by atoms with Gasteiger partial charge in [0, 0.05) is 26.3 Å². The summed E-state index contributed by atoms with van der Waals surface area (Å²) < 4.78 is 9.64. The van der Waals surface area contributed by atoms with Gasteiger partial charge in [-0.15, -0.1) is 0 Å². The number of ether oxygens (including phenoxy) is 1. The molecule has 2 N–H and O–H groups in total. The Morgan fingerprint density at radius 2 is 2.18 bits per heavy atom. The first-order valence-corrected chi connectivity index (χ1v) is 7.40. The van der Waals surface area contributed by atoms with Crippen molar-refractivity contribution in [3.63, 3.8) is 0 Å². The molecule has 1 saturated heterocycles. The quantitative estimate of drug-likeness (QED) is 0.723. The third-order valence-electron chi connectivity index (χ3n) is 3.76. The van der Waals surface area contributed by atoms with Crippen molar-refractivity contribution in [2.75, 3.05) is 45.2 Å². The van der Waals surface area contributed by atoms with Gasteiger partial charge in [-0.25, -0.2) is 0 Å². The molecule has 1 aromatic rings. The number of likely N-dealkylation sites (tertiary alicyclic amines) is 1. The van der Waals surface area contributed by atoms with Crippen molar-refractivity contribution in [1.29, 1.82) is 0 Å². The molecule has 0 bridgehead atoms. The standard InChI is InChI=1S/C14H22N4O4/c1-21-9-7-18-5-2-11(3-6-18)10-15-13(19)14(20)16-12-4-8-22-17-12/h4,8,11H,2-3,5-7,9-10H2,1H3,(H,15,19)(H,16,17,20). The molecular formula is C14H22N4O4. The van der Waals surface area contributed by atoms with Crippen molar-refractivity contribution in [3.05, 3.63) is 12.3 Å². The van der Waals surface area contributed by atoms with E-state index in [1.807, 2.05) is 0 Å². The van der Waals surface area contributed by atoms with Crippen LogP contribution >= 0.6 is 0 Å². The van der Waals surface area contributed by atoms with Gasteiger partial charge in [-0.2, -0.15) is 0 Å². The lowest BCUT2D eigenvalue weighted by Gasteiger charge is -2.31. The highest BCUT2D eigenvalue weighted by Crippen LogP contribution is 2.15. The molecule has 8 nitrogen and oxygen atoms in total. The summed E-state index contributed by atoms with van der Waals surface area (Å²) in [5.74, 6) is -0.745. The zero-order chi connectivity index (χ0) is 15.8. The molecule has 2 heterocycles. The molecule has 1 aliphatic heterocycles.